The maximum absolute atomic E-state index is 11.8. The van der Waals surface area contributed by atoms with Crippen LogP contribution in [0.15, 0.2) is 22.7 Å². The van der Waals surface area contributed by atoms with Crippen LogP contribution >= 0.6 is 15.9 Å². The molecule has 0 aliphatic heterocycles. The molecule has 5 nitrogen and oxygen atoms in total. The normalized spacial score (nSPS) is 10.3. The average molecular weight is 331 g/mol. The second-order valence-corrected chi connectivity index (χ2v) is 4.96. The molecule has 0 saturated heterocycles. The number of nitrogens with zero attached hydrogens (tertiary/aromatic N) is 1. The van der Waals surface area contributed by atoms with Crippen molar-refractivity contribution in [3.63, 3.8) is 0 Å². The first-order valence-electron chi connectivity index (χ1n) is 5.92. The van der Waals surface area contributed by atoms with Crippen LogP contribution in [0.2, 0.25) is 0 Å². The third-order valence-electron chi connectivity index (χ3n) is 2.56. The van der Waals surface area contributed by atoms with Crippen LogP contribution in [0.4, 0.5) is 0 Å². The lowest BCUT2D eigenvalue weighted by molar-refractivity contribution is -0.135. The van der Waals surface area contributed by atoms with E-state index in [1.807, 2.05) is 18.2 Å². The quantitative estimate of drug-likeness (QED) is 0.767. The number of ether oxygens (including phenoxy) is 2. The Kier molecular flexibility index (Phi) is 6.83. The number of hydrogen-bond donors (Lipinski definition) is 1. The largest absolute Gasteiger partial charge is 0.496 e. The molecule has 19 heavy (non-hydrogen) atoms. The van der Waals surface area contributed by atoms with Gasteiger partial charge in [-0.2, -0.15) is 0 Å². The summed E-state index contributed by atoms with van der Waals surface area (Å²) in [6.45, 7) is 1.31. The zero-order valence-electron chi connectivity index (χ0n) is 11.2. The smallest absolute Gasteiger partial charge is 0.248 e. The van der Waals surface area contributed by atoms with E-state index in [4.69, 9.17) is 15.2 Å². The molecular formula is C13H19BrN2O3. The van der Waals surface area contributed by atoms with Crippen molar-refractivity contribution in [1.82, 2.24) is 4.90 Å². The molecule has 0 heterocycles. The number of hydrogen-bond acceptors (Lipinski definition) is 4. The number of carbonyl (C=O) groups is 1. The Bertz CT molecular complexity index is 426. The minimum absolute atomic E-state index is 0.0457. The molecule has 0 atom stereocenters. The SMILES string of the molecule is COc1ccc(Br)cc1CN(C)C(=O)COCCN. The van der Waals surface area contributed by atoms with Crippen LogP contribution in [-0.2, 0) is 16.1 Å². The molecule has 1 aromatic carbocycles. The Morgan fingerprint density at radius 1 is 1.47 bits per heavy atom. The van der Waals surface area contributed by atoms with Crippen LogP contribution in [-0.4, -0.2) is 44.7 Å². The topological polar surface area (TPSA) is 64.8 Å². The number of benzene rings is 1. The van der Waals surface area contributed by atoms with Crippen LogP contribution in [0, 0.1) is 0 Å². The number of nitrogens with two attached hydrogens (primary N) is 1. The summed E-state index contributed by atoms with van der Waals surface area (Å²) in [6.07, 6.45) is 0. The Morgan fingerprint density at radius 3 is 2.84 bits per heavy atom. The van der Waals surface area contributed by atoms with Gasteiger partial charge in [0.1, 0.15) is 12.4 Å². The van der Waals surface area contributed by atoms with Gasteiger partial charge in [-0.3, -0.25) is 4.79 Å². The van der Waals surface area contributed by atoms with Crippen molar-refractivity contribution < 1.29 is 14.3 Å². The second-order valence-electron chi connectivity index (χ2n) is 4.05. The number of amides is 1. The molecule has 0 radical (unpaired) electrons. The molecule has 0 aliphatic rings. The lowest BCUT2D eigenvalue weighted by Crippen LogP contribution is -2.30. The van der Waals surface area contributed by atoms with E-state index in [1.165, 1.54) is 0 Å². The fourth-order valence-electron chi connectivity index (χ4n) is 1.57. The first kappa shape index (κ1) is 15.9. The molecule has 0 spiro atoms. The van der Waals surface area contributed by atoms with Crippen molar-refractivity contribution in [2.24, 2.45) is 5.73 Å². The highest BCUT2D eigenvalue weighted by Gasteiger charge is 2.12. The zero-order valence-corrected chi connectivity index (χ0v) is 12.8. The van der Waals surface area contributed by atoms with Gasteiger partial charge in [0.25, 0.3) is 0 Å². The van der Waals surface area contributed by atoms with Crippen molar-refractivity contribution in [1.29, 1.82) is 0 Å². The molecule has 0 fully saturated rings. The Balaban J connectivity index is 2.62. The predicted molar refractivity (Wildman–Crippen MR) is 77.0 cm³/mol. The Morgan fingerprint density at radius 2 is 2.21 bits per heavy atom. The average Bonchev–Trinajstić information content (AvgIpc) is 2.39. The predicted octanol–water partition coefficient (Wildman–Crippen LogP) is 1.39. The highest BCUT2D eigenvalue weighted by atomic mass is 79.9. The summed E-state index contributed by atoms with van der Waals surface area (Å²) in [6, 6.07) is 5.69. The number of halogens is 1. The van der Waals surface area contributed by atoms with Crippen LogP contribution in [0.5, 0.6) is 5.75 Å². The highest BCUT2D eigenvalue weighted by Crippen LogP contribution is 2.24. The van der Waals surface area contributed by atoms with E-state index in [9.17, 15) is 4.79 Å². The molecule has 6 heteroatoms. The van der Waals surface area contributed by atoms with Crippen LogP contribution in [0.1, 0.15) is 5.56 Å². The zero-order chi connectivity index (χ0) is 14.3. The van der Waals surface area contributed by atoms with E-state index in [0.29, 0.717) is 19.7 Å². The van der Waals surface area contributed by atoms with Crippen LogP contribution < -0.4 is 10.5 Å². The molecule has 1 rings (SSSR count). The molecular weight excluding hydrogens is 312 g/mol. The Labute approximate surface area is 121 Å². The molecule has 2 N–H and O–H groups in total. The summed E-state index contributed by atoms with van der Waals surface area (Å²) in [5.41, 5.74) is 6.23. The van der Waals surface area contributed by atoms with Gasteiger partial charge >= 0.3 is 0 Å². The summed E-state index contributed by atoms with van der Waals surface area (Å²) >= 11 is 3.41. The minimum atomic E-state index is -0.0875. The summed E-state index contributed by atoms with van der Waals surface area (Å²) < 4.78 is 11.3. The summed E-state index contributed by atoms with van der Waals surface area (Å²) in [5.74, 6) is 0.668. The second kappa shape index (κ2) is 8.14. The van der Waals surface area contributed by atoms with Gasteiger partial charge in [-0.05, 0) is 18.2 Å². The summed E-state index contributed by atoms with van der Waals surface area (Å²) in [4.78, 5) is 13.4. The van der Waals surface area contributed by atoms with Gasteiger partial charge < -0.3 is 20.1 Å². The van der Waals surface area contributed by atoms with Gasteiger partial charge in [-0.25, -0.2) is 0 Å². The fraction of sp³-hybridized carbons (Fsp3) is 0.462. The van der Waals surface area contributed by atoms with Crippen molar-refractivity contribution in [2.45, 2.75) is 6.54 Å². The van der Waals surface area contributed by atoms with E-state index >= 15 is 0 Å². The Hall–Kier alpha value is -1.11. The fourth-order valence-corrected chi connectivity index (χ4v) is 1.98. The van der Waals surface area contributed by atoms with Crippen LogP contribution in [0.25, 0.3) is 0 Å². The molecule has 0 unspecified atom stereocenters. The number of carbonyl (C=O) groups excluding carboxylic acids is 1. The highest BCUT2D eigenvalue weighted by molar-refractivity contribution is 9.10. The van der Waals surface area contributed by atoms with Crippen molar-refractivity contribution in [2.75, 3.05) is 33.9 Å². The molecule has 0 aromatic heterocycles. The van der Waals surface area contributed by atoms with Gasteiger partial charge in [-0.1, -0.05) is 15.9 Å². The standard InChI is InChI=1S/C13H19BrN2O3/c1-16(13(17)9-19-6-5-15)8-10-7-11(14)3-4-12(10)18-2/h3-4,7H,5-6,8-9,15H2,1-2H3. The third-order valence-corrected chi connectivity index (χ3v) is 3.06. The van der Waals surface area contributed by atoms with Crippen LogP contribution in [0.3, 0.4) is 0 Å². The number of likely N-dealkylation sites (N-methyl/N-ethyl adjacent to an activating group) is 1. The van der Waals surface area contributed by atoms with Gasteiger partial charge in [-0.15, -0.1) is 0 Å². The first-order chi connectivity index (χ1) is 9.08. The molecule has 0 saturated carbocycles. The van der Waals surface area contributed by atoms with E-state index < -0.39 is 0 Å². The molecule has 1 aromatic rings. The molecule has 106 valence electrons. The van der Waals surface area contributed by atoms with Crippen molar-refractivity contribution in [3.8, 4) is 5.75 Å². The third kappa shape index (κ3) is 5.18. The van der Waals surface area contributed by atoms with E-state index in [-0.39, 0.29) is 12.5 Å². The van der Waals surface area contributed by atoms with Gasteiger partial charge in [0.05, 0.1) is 13.7 Å². The maximum Gasteiger partial charge on any atom is 0.248 e. The van der Waals surface area contributed by atoms with Gasteiger partial charge in [0.2, 0.25) is 5.91 Å². The number of rotatable bonds is 7. The molecule has 0 aliphatic carbocycles. The summed E-state index contributed by atoms with van der Waals surface area (Å²) in [5, 5.41) is 0. The summed E-state index contributed by atoms with van der Waals surface area (Å²) in [7, 11) is 3.34. The molecule has 0 bridgehead atoms. The van der Waals surface area contributed by atoms with Gasteiger partial charge in [0.15, 0.2) is 0 Å². The van der Waals surface area contributed by atoms with E-state index in [0.717, 1.165) is 15.8 Å². The van der Waals surface area contributed by atoms with E-state index in [2.05, 4.69) is 15.9 Å². The first-order valence-corrected chi connectivity index (χ1v) is 6.72. The van der Waals surface area contributed by atoms with Gasteiger partial charge in [0, 0.05) is 30.2 Å². The lowest BCUT2D eigenvalue weighted by Gasteiger charge is -2.19. The van der Waals surface area contributed by atoms with E-state index in [1.54, 1.807) is 19.1 Å². The molecule has 1 amide bonds. The lowest BCUT2D eigenvalue weighted by atomic mass is 10.2. The number of methoxy groups -OCH3 is 1. The van der Waals surface area contributed by atoms with Crippen molar-refractivity contribution in [3.05, 3.63) is 28.2 Å². The minimum Gasteiger partial charge on any atom is -0.496 e. The van der Waals surface area contributed by atoms with Crippen molar-refractivity contribution >= 4 is 21.8 Å². The maximum atomic E-state index is 11.8. The monoisotopic (exact) mass is 330 g/mol.